The summed E-state index contributed by atoms with van der Waals surface area (Å²) in [6, 6.07) is 9.50. The van der Waals surface area contributed by atoms with Crippen molar-refractivity contribution in [3.63, 3.8) is 0 Å². The van der Waals surface area contributed by atoms with Gasteiger partial charge < -0.3 is 5.32 Å². The van der Waals surface area contributed by atoms with Crippen LogP contribution in [-0.4, -0.2) is 15.3 Å². The molecule has 3 aromatic rings. The number of hydrogen-bond acceptors (Lipinski definition) is 4. The molecule has 0 aliphatic rings. The fourth-order valence-corrected chi connectivity index (χ4v) is 3.04. The van der Waals surface area contributed by atoms with Crippen molar-refractivity contribution in [2.75, 3.05) is 5.32 Å². The molecule has 0 spiro atoms. The van der Waals surface area contributed by atoms with E-state index in [2.05, 4.69) is 14.7 Å². The summed E-state index contributed by atoms with van der Waals surface area (Å²) in [5, 5.41) is 3.45. The van der Waals surface area contributed by atoms with E-state index in [0.717, 1.165) is 22.3 Å². The van der Waals surface area contributed by atoms with Gasteiger partial charge in [0.2, 0.25) is 0 Å². The molecule has 23 heavy (non-hydrogen) atoms. The van der Waals surface area contributed by atoms with Crippen LogP contribution < -0.4 is 5.32 Å². The Morgan fingerprint density at radius 1 is 1.17 bits per heavy atom. The number of pyridine rings is 1. The number of carbonyl (C=O) groups is 1. The topological polar surface area (TPSA) is 54.9 Å². The first-order valence-corrected chi connectivity index (χ1v) is 8.15. The number of carbonyl (C=O) groups excluding carboxylic acids is 1. The number of nitrogens with zero attached hydrogens (tertiary/aromatic N) is 2. The molecule has 0 saturated heterocycles. The van der Waals surface area contributed by atoms with E-state index >= 15 is 0 Å². The van der Waals surface area contributed by atoms with Crippen molar-refractivity contribution in [2.45, 2.75) is 13.8 Å². The van der Waals surface area contributed by atoms with Crippen LogP contribution in [0.4, 0.5) is 5.82 Å². The van der Waals surface area contributed by atoms with Crippen molar-refractivity contribution in [2.24, 2.45) is 0 Å². The monoisotopic (exact) mass is 343 g/mol. The van der Waals surface area contributed by atoms with Gasteiger partial charge in [0, 0.05) is 28.5 Å². The minimum absolute atomic E-state index is 0.196. The molecular weight excluding hydrogens is 330 g/mol. The number of aromatic nitrogens is 2. The van der Waals surface area contributed by atoms with Gasteiger partial charge in [0.15, 0.2) is 0 Å². The van der Waals surface area contributed by atoms with Crippen molar-refractivity contribution in [3.8, 4) is 11.1 Å². The van der Waals surface area contributed by atoms with Crippen LogP contribution in [0, 0.1) is 13.8 Å². The van der Waals surface area contributed by atoms with Crippen molar-refractivity contribution in [1.82, 2.24) is 9.36 Å². The highest BCUT2D eigenvalue weighted by atomic mass is 35.5. The Bertz CT molecular complexity index is 859. The lowest BCUT2D eigenvalue weighted by molar-refractivity contribution is 0.102. The van der Waals surface area contributed by atoms with Gasteiger partial charge in [-0.1, -0.05) is 23.2 Å². The third-order valence-electron chi connectivity index (χ3n) is 3.39. The number of rotatable bonds is 3. The maximum Gasteiger partial charge on any atom is 0.268 e. The number of hydrogen-bond donors (Lipinski definition) is 1. The summed E-state index contributed by atoms with van der Waals surface area (Å²) in [5.41, 5.74) is 3.82. The Kier molecular flexibility index (Phi) is 4.41. The van der Waals surface area contributed by atoms with Crippen molar-refractivity contribution >= 4 is 34.9 Å². The first kappa shape index (κ1) is 15.6. The third kappa shape index (κ3) is 3.41. The van der Waals surface area contributed by atoms with E-state index in [0.29, 0.717) is 15.7 Å². The SMILES string of the molecule is Cc1ccc(Cl)c(-c2ccc(NC(=O)c3sncc3C)nc2)c1. The maximum atomic E-state index is 12.1. The van der Waals surface area contributed by atoms with Crippen LogP contribution in [0.15, 0.2) is 42.7 Å². The minimum atomic E-state index is -0.196. The minimum Gasteiger partial charge on any atom is -0.306 e. The Balaban J connectivity index is 1.81. The Hall–Kier alpha value is -2.24. The molecule has 6 heteroatoms. The standard InChI is InChI=1S/C17H14ClN3OS/c1-10-3-5-14(18)13(7-10)12-4-6-15(19-9-12)21-17(22)16-11(2)8-20-23-16/h3-9H,1-2H3,(H,19,21,22). The van der Waals surface area contributed by atoms with Crippen LogP contribution in [0.2, 0.25) is 5.02 Å². The summed E-state index contributed by atoms with van der Waals surface area (Å²) >= 11 is 7.41. The molecule has 0 saturated carbocycles. The second-order valence-corrected chi connectivity index (χ2v) is 6.42. The highest BCUT2D eigenvalue weighted by molar-refractivity contribution is 7.08. The first-order valence-electron chi connectivity index (χ1n) is 7.00. The van der Waals surface area contributed by atoms with Gasteiger partial charge in [-0.15, -0.1) is 0 Å². The molecule has 0 atom stereocenters. The summed E-state index contributed by atoms with van der Waals surface area (Å²) in [5.74, 6) is 0.300. The lowest BCUT2D eigenvalue weighted by Crippen LogP contribution is -2.12. The molecule has 2 heterocycles. The number of anilines is 1. The summed E-state index contributed by atoms with van der Waals surface area (Å²) in [7, 11) is 0. The highest BCUT2D eigenvalue weighted by Gasteiger charge is 2.12. The number of halogens is 1. The van der Waals surface area contributed by atoms with Gasteiger partial charge in [0.25, 0.3) is 5.91 Å². The zero-order valence-corrected chi connectivity index (χ0v) is 14.2. The molecule has 116 valence electrons. The fourth-order valence-electron chi connectivity index (χ4n) is 2.17. The molecule has 1 amide bonds. The van der Waals surface area contributed by atoms with E-state index in [4.69, 9.17) is 11.6 Å². The van der Waals surface area contributed by atoms with Crippen LogP contribution in [-0.2, 0) is 0 Å². The molecule has 0 radical (unpaired) electrons. The van der Waals surface area contributed by atoms with Gasteiger partial charge in [-0.05, 0) is 55.2 Å². The molecule has 0 aliphatic heterocycles. The molecule has 3 rings (SSSR count). The van der Waals surface area contributed by atoms with Gasteiger partial charge in [-0.25, -0.2) is 9.36 Å². The Labute approximate surface area is 143 Å². The average Bonchev–Trinajstić information content (AvgIpc) is 2.97. The largest absolute Gasteiger partial charge is 0.306 e. The summed E-state index contributed by atoms with van der Waals surface area (Å²) in [4.78, 5) is 17.0. The summed E-state index contributed by atoms with van der Waals surface area (Å²) < 4.78 is 4.00. The van der Waals surface area contributed by atoms with E-state index in [1.807, 2.05) is 38.1 Å². The molecule has 1 N–H and O–H groups in total. The van der Waals surface area contributed by atoms with E-state index in [1.54, 1.807) is 18.5 Å². The fraction of sp³-hybridized carbons (Fsp3) is 0.118. The Morgan fingerprint density at radius 2 is 2.00 bits per heavy atom. The number of nitrogens with one attached hydrogen (secondary N) is 1. The van der Waals surface area contributed by atoms with Gasteiger partial charge >= 0.3 is 0 Å². The van der Waals surface area contributed by atoms with Crippen LogP contribution >= 0.6 is 23.1 Å². The van der Waals surface area contributed by atoms with E-state index in [9.17, 15) is 4.79 Å². The molecule has 1 aromatic carbocycles. The predicted molar refractivity (Wildman–Crippen MR) is 94.2 cm³/mol. The highest BCUT2D eigenvalue weighted by Crippen LogP contribution is 2.28. The number of benzene rings is 1. The third-order valence-corrected chi connectivity index (χ3v) is 4.62. The van der Waals surface area contributed by atoms with Crippen molar-refractivity contribution < 1.29 is 4.79 Å². The smallest absolute Gasteiger partial charge is 0.268 e. The summed E-state index contributed by atoms with van der Waals surface area (Å²) in [6.45, 7) is 3.87. The Morgan fingerprint density at radius 3 is 2.65 bits per heavy atom. The van der Waals surface area contributed by atoms with Crippen LogP contribution in [0.5, 0.6) is 0 Å². The normalized spacial score (nSPS) is 10.6. The molecular formula is C17H14ClN3OS. The zero-order chi connectivity index (χ0) is 16.4. The van der Waals surface area contributed by atoms with E-state index in [-0.39, 0.29) is 5.91 Å². The molecule has 0 bridgehead atoms. The van der Waals surface area contributed by atoms with Gasteiger partial charge in [-0.3, -0.25) is 4.79 Å². The molecule has 0 fully saturated rings. The molecule has 0 unspecified atom stereocenters. The molecule has 2 aromatic heterocycles. The van der Waals surface area contributed by atoms with Gasteiger partial charge in [0.1, 0.15) is 10.7 Å². The second kappa shape index (κ2) is 6.48. The lowest BCUT2D eigenvalue weighted by Gasteiger charge is -2.07. The van der Waals surface area contributed by atoms with Gasteiger partial charge in [0.05, 0.1) is 0 Å². The number of aryl methyl sites for hydroxylation is 2. The molecule has 0 aliphatic carbocycles. The van der Waals surface area contributed by atoms with Crippen LogP contribution in [0.3, 0.4) is 0 Å². The van der Waals surface area contributed by atoms with Crippen LogP contribution in [0.25, 0.3) is 11.1 Å². The maximum absolute atomic E-state index is 12.1. The van der Waals surface area contributed by atoms with E-state index < -0.39 is 0 Å². The summed E-state index contributed by atoms with van der Waals surface area (Å²) in [6.07, 6.45) is 3.38. The lowest BCUT2D eigenvalue weighted by atomic mass is 10.1. The zero-order valence-electron chi connectivity index (χ0n) is 12.6. The van der Waals surface area contributed by atoms with Gasteiger partial charge in [-0.2, -0.15) is 0 Å². The predicted octanol–water partition coefficient (Wildman–Crippen LogP) is 4.73. The molecule has 4 nitrogen and oxygen atoms in total. The van der Waals surface area contributed by atoms with Crippen molar-refractivity contribution in [1.29, 1.82) is 0 Å². The van der Waals surface area contributed by atoms with E-state index in [1.165, 1.54) is 11.5 Å². The second-order valence-electron chi connectivity index (χ2n) is 5.21. The van der Waals surface area contributed by atoms with Crippen LogP contribution in [0.1, 0.15) is 20.8 Å². The van der Waals surface area contributed by atoms with Crippen molar-refractivity contribution in [3.05, 3.63) is 63.8 Å². The first-order chi connectivity index (χ1) is 11.0. The number of amides is 1. The average molecular weight is 344 g/mol. The quantitative estimate of drug-likeness (QED) is 0.748.